The van der Waals surface area contributed by atoms with Crippen LogP contribution >= 0.6 is 0 Å². The van der Waals surface area contributed by atoms with Gasteiger partial charge in [-0.05, 0) is 56.5 Å². The predicted octanol–water partition coefficient (Wildman–Crippen LogP) is 5.10. The van der Waals surface area contributed by atoms with Gasteiger partial charge in [0.2, 0.25) is 5.88 Å². The number of ether oxygens (including phenoxy) is 2. The standard InChI is InChI=1S/C28H31F3N4O3/c1-18(35-26(36)27(2,3)38-25-14-11-21(16-34-25)28(29,30)31)23(20-7-5-4-6-8-20)15-19-9-12-22(13-10-19)37-17-24(32)33/h4-14,16,18,23H,15,17H2,1-3H3,(H3,32,33)(H,35,36). The Morgan fingerprint density at radius 2 is 1.71 bits per heavy atom. The van der Waals surface area contributed by atoms with Crippen LogP contribution in [0.15, 0.2) is 72.9 Å². The second kappa shape index (κ2) is 12.0. The van der Waals surface area contributed by atoms with Gasteiger partial charge in [-0.3, -0.25) is 10.2 Å². The van der Waals surface area contributed by atoms with Gasteiger partial charge in [0.1, 0.15) is 18.2 Å². The SMILES string of the molecule is CC(NC(=O)C(C)(C)Oc1ccc(C(F)(F)F)cn1)C(Cc1ccc(OCC(=N)N)cc1)c1ccccc1. The molecule has 38 heavy (non-hydrogen) atoms. The molecule has 0 aliphatic heterocycles. The highest BCUT2D eigenvalue weighted by atomic mass is 19.4. The first-order chi connectivity index (χ1) is 17.8. The molecule has 0 bridgehead atoms. The average molecular weight is 529 g/mol. The second-order valence-electron chi connectivity index (χ2n) is 9.44. The molecule has 0 radical (unpaired) electrons. The van der Waals surface area contributed by atoms with E-state index in [0.29, 0.717) is 18.4 Å². The van der Waals surface area contributed by atoms with Crippen molar-refractivity contribution in [2.24, 2.45) is 5.73 Å². The minimum absolute atomic E-state index is 0.00883. The molecule has 202 valence electrons. The lowest BCUT2D eigenvalue weighted by Crippen LogP contribution is -2.51. The lowest BCUT2D eigenvalue weighted by Gasteiger charge is -2.30. The maximum absolute atomic E-state index is 13.2. The van der Waals surface area contributed by atoms with Crippen molar-refractivity contribution in [1.82, 2.24) is 10.3 Å². The van der Waals surface area contributed by atoms with Crippen molar-refractivity contribution < 1.29 is 27.4 Å². The molecular formula is C28H31F3N4O3. The number of benzene rings is 2. The summed E-state index contributed by atoms with van der Waals surface area (Å²) < 4.78 is 49.6. The molecule has 1 heterocycles. The summed E-state index contributed by atoms with van der Waals surface area (Å²) in [5.74, 6) is -0.0802. The van der Waals surface area contributed by atoms with Crippen molar-refractivity contribution in [3.05, 3.63) is 89.6 Å². The summed E-state index contributed by atoms with van der Waals surface area (Å²) in [5.41, 5.74) is 5.09. The first-order valence-corrected chi connectivity index (χ1v) is 12.0. The third-order valence-electron chi connectivity index (χ3n) is 5.93. The summed E-state index contributed by atoms with van der Waals surface area (Å²) >= 11 is 0. The number of amidine groups is 1. The van der Waals surface area contributed by atoms with E-state index in [9.17, 15) is 18.0 Å². The van der Waals surface area contributed by atoms with Crippen LogP contribution in [-0.2, 0) is 17.4 Å². The van der Waals surface area contributed by atoms with E-state index in [1.54, 1.807) is 12.1 Å². The van der Waals surface area contributed by atoms with E-state index in [0.717, 1.165) is 23.3 Å². The fraction of sp³-hybridized carbons (Fsp3) is 0.321. The zero-order valence-corrected chi connectivity index (χ0v) is 21.4. The molecular weight excluding hydrogens is 497 g/mol. The topological polar surface area (TPSA) is 110 Å². The quantitative estimate of drug-likeness (QED) is 0.237. The summed E-state index contributed by atoms with van der Waals surface area (Å²) in [6, 6.07) is 18.8. The Balaban J connectivity index is 1.71. The Kier molecular flexibility index (Phi) is 8.98. The van der Waals surface area contributed by atoms with Gasteiger partial charge in [-0.15, -0.1) is 0 Å². The van der Waals surface area contributed by atoms with Gasteiger partial charge in [-0.25, -0.2) is 4.98 Å². The van der Waals surface area contributed by atoms with E-state index in [2.05, 4.69) is 10.3 Å². The van der Waals surface area contributed by atoms with Crippen LogP contribution in [0.4, 0.5) is 13.2 Å². The molecule has 4 N–H and O–H groups in total. The summed E-state index contributed by atoms with van der Waals surface area (Å²) in [5, 5.41) is 10.3. The summed E-state index contributed by atoms with van der Waals surface area (Å²) in [6.45, 7) is 4.97. The molecule has 0 spiro atoms. The maximum atomic E-state index is 13.2. The van der Waals surface area contributed by atoms with Gasteiger partial charge in [0.25, 0.3) is 5.91 Å². The molecule has 1 aromatic heterocycles. The lowest BCUT2D eigenvalue weighted by atomic mass is 9.86. The van der Waals surface area contributed by atoms with Crippen LogP contribution < -0.4 is 20.5 Å². The number of nitrogens with one attached hydrogen (secondary N) is 2. The van der Waals surface area contributed by atoms with Crippen molar-refractivity contribution in [2.75, 3.05) is 6.61 Å². The number of rotatable bonds is 11. The molecule has 2 aromatic carbocycles. The number of amides is 1. The highest BCUT2D eigenvalue weighted by molar-refractivity contribution is 5.85. The second-order valence-corrected chi connectivity index (χ2v) is 9.44. The third-order valence-corrected chi connectivity index (χ3v) is 5.93. The van der Waals surface area contributed by atoms with Crippen LogP contribution in [0.2, 0.25) is 0 Å². The molecule has 0 aliphatic carbocycles. The highest BCUT2D eigenvalue weighted by Crippen LogP contribution is 2.30. The van der Waals surface area contributed by atoms with Crippen LogP contribution in [-0.4, -0.2) is 35.0 Å². The number of nitrogens with two attached hydrogens (primary N) is 1. The fourth-order valence-electron chi connectivity index (χ4n) is 3.82. The van der Waals surface area contributed by atoms with Gasteiger partial charge < -0.3 is 20.5 Å². The van der Waals surface area contributed by atoms with Crippen LogP contribution in [0.1, 0.15) is 43.4 Å². The number of pyridine rings is 1. The Labute approximate surface area is 219 Å². The molecule has 1 amide bonds. The summed E-state index contributed by atoms with van der Waals surface area (Å²) in [4.78, 5) is 16.9. The van der Waals surface area contributed by atoms with E-state index in [-0.39, 0.29) is 30.3 Å². The molecule has 0 fully saturated rings. The smallest absolute Gasteiger partial charge is 0.417 e. The normalized spacial score (nSPS) is 13.3. The molecule has 0 saturated heterocycles. The first kappa shape index (κ1) is 28.5. The minimum atomic E-state index is -4.51. The molecule has 3 rings (SSSR count). The molecule has 2 unspecified atom stereocenters. The van der Waals surface area contributed by atoms with E-state index < -0.39 is 23.2 Å². The van der Waals surface area contributed by atoms with E-state index in [1.165, 1.54) is 13.8 Å². The van der Waals surface area contributed by atoms with Gasteiger partial charge in [0, 0.05) is 24.2 Å². The number of alkyl halides is 3. The van der Waals surface area contributed by atoms with E-state index in [4.69, 9.17) is 20.6 Å². The van der Waals surface area contributed by atoms with Crippen LogP contribution in [0.3, 0.4) is 0 Å². The Morgan fingerprint density at radius 3 is 2.26 bits per heavy atom. The Morgan fingerprint density at radius 1 is 1.05 bits per heavy atom. The molecule has 0 saturated carbocycles. The first-order valence-electron chi connectivity index (χ1n) is 12.0. The van der Waals surface area contributed by atoms with Crippen molar-refractivity contribution in [1.29, 1.82) is 5.41 Å². The average Bonchev–Trinajstić information content (AvgIpc) is 2.86. The van der Waals surface area contributed by atoms with Gasteiger partial charge in [0.15, 0.2) is 5.60 Å². The lowest BCUT2D eigenvalue weighted by molar-refractivity contribution is -0.138. The van der Waals surface area contributed by atoms with Gasteiger partial charge >= 0.3 is 6.18 Å². The van der Waals surface area contributed by atoms with Gasteiger partial charge in [-0.1, -0.05) is 42.5 Å². The van der Waals surface area contributed by atoms with Crippen molar-refractivity contribution in [3.63, 3.8) is 0 Å². The number of halogens is 3. The number of hydrogen-bond acceptors (Lipinski definition) is 5. The van der Waals surface area contributed by atoms with E-state index >= 15 is 0 Å². The number of hydrogen-bond donors (Lipinski definition) is 3. The van der Waals surface area contributed by atoms with Gasteiger partial charge in [-0.2, -0.15) is 13.2 Å². The zero-order chi connectivity index (χ0) is 27.9. The Hall–Kier alpha value is -4.08. The number of aromatic nitrogens is 1. The largest absolute Gasteiger partial charge is 0.486 e. The zero-order valence-electron chi connectivity index (χ0n) is 21.4. The van der Waals surface area contributed by atoms with Crippen molar-refractivity contribution in [3.8, 4) is 11.6 Å². The fourth-order valence-corrected chi connectivity index (χ4v) is 3.82. The summed E-state index contributed by atoms with van der Waals surface area (Å²) in [7, 11) is 0. The molecule has 10 heteroatoms. The Bertz CT molecular complexity index is 1210. The third kappa shape index (κ3) is 7.96. The van der Waals surface area contributed by atoms with Crippen molar-refractivity contribution >= 4 is 11.7 Å². The number of nitrogens with zero attached hydrogens (tertiary/aromatic N) is 1. The predicted molar refractivity (Wildman–Crippen MR) is 138 cm³/mol. The van der Waals surface area contributed by atoms with Crippen LogP contribution in [0.25, 0.3) is 0 Å². The van der Waals surface area contributed by atoms with Crippen LogP contribution in [0.5, 0.6) is 11.6 Å². The molecule has 7 nitrogen and oxygen atoms in total. The molecule has 0 aliphatic rings. The van der Waals surface area contributed by atoms with Gasteiger partial charge in [0.05, 0.1) is 5.56 Å². The number of carbonyl (C=O) groups is 1. The summed E-state index contributed by atoms with van der Waals surface area (Å²) in [6.07, 6.45) is -3.23. The van der Waals surface area contributed by atoms with E-state index in [1.807, 2.05) is 49.4 Å². The molecule has 2 atom stereocenters. The number of carbonyl (C=O) groups excluding carboxylic acids is 1. The van der Waals surface area contributed by atoms with Crippen LogP contribution in [0, 0.1) is 5.41 Å². The highest BCUT2D eigenvalue weighted by Gasteiger charge is 2.34. The molecule has 3 aromatic rings. The maximum Gasteiger partial charge on any atom is 0.417 e. The monoisotopic (exact) mass is 528 g/mol. The minimum Gasteiger partial charge on any atom is -0.486 e. The van der Waals surface area contributed by atoms with Crippen molar-refractivity contribution in [2.45, 2.75) is 50.9 Å².